The summed E-state index contributed by atoms with van der Waals surface area (Å²) in [5.41, 5.74) is 0.798. The summed E-state index contributed by atoms with van der Waals surface area (Å²) in [6.45, 7) is 0.437. The van der Waals surface area contributed by atoms with Crippen LogP contribution >= 0.6 is 15.9 Å². The number of halogens is 1. The molecular formula is C18H17BrN2O2. The molecule has 2 aromatic rings. The Hall–Kier alpha value is -2.14. The Kier molecular flexibility index (Phi) is 4.48. The number of hydrogen-bond donors (Lipinski definition) is 2. The molecule has 118 valence electrons. The molecule has 3 rings (SSSR count). The van der Waals surface area contributed by atoms with Crippen molar-refractivity contribution in [2.75, 3.05) is 5.32 Å². The third kappa shape index (κ3) is 3.62. The third-order valence-electron chi connectivity index (χ3n) is 4.02. The van der Waals surface area contributed by atoms with Crippen LogP contribution in [0.25, 0.3) is 0 Å². The van der Waals surface area contributed by atoms with Crippen molar-refractivity contribution in [2.24, 2.45) is 5.41 Å². The quantitative estimate of drug-likeness (QED) is 0.789. The zero-order valence-electron chi connectivity index (χ0n) is 12.5. The molecule has 0 atom stereocenters. The van der Waals surface area contributed by atoms with Crippen LogP contribution < -0.4 is 10.6 Å². The molecule has 0 unspecified atom stereocenters. The Labute approximate surface area is 143 Å². The van der Waals surface area contributed by atoms with Crippen LogP contribution in [0.5, 0.6) is 0 Å². The van der Waals surface area contributed by atoms with Crippen LogP contribution in [0.15, 0.2) is 59.1 Å². The molecule has 4 nitrogen and oxygen atoms in total. The molecule has 1 saturated carbocycles. The Bertz CT molecular complexity index is 710. The fourth-order valence-corrected chi connectivity index (χ4v) is 2.68. The molecule has 23 heavy (non-hydrogen) atoms. The molecule has 0 heterocycles. The molecule has 0 spiro atoms. The number of nitrogens with one attached hydrogen (secondary N) is 2. The first-order valence-electron chi connectivity index (χ1n) is 7.49. The van der Waals surface area contributed by atoms with E-state index in [0.717, 1.165) is 10.0 Å². The van der Waals surface area contributed by atoms with Crippen molar-refractivity contribution in [3.8, 4) is 0 Å². The van der Waals surface area contributed by atoms with Gasteiger partial charge in [0.15, 0.2) is 0 Å². The SMILES string of the molecule is O=C(NCc1ccccc1)C1(C(=O)Nc2ccc(Br)cc2)CC1. The highest BCUT2D eigenvalue weighted by molar-refractivity contribution is 9.10. The minimum atomic E-state index is -0.915. The van der Waals surface area contributed by atoms with E-state index in [-0.39, 0.29) is 11.8 Å². The van der Waals surface area contributed by atoms with Crippen molar-refractivity contribution >= 4 is 33.4 Å². The highest BCUT2D eigenvalue weighted by atomic mass is 79.9. The Morgan fingerprint density at radius 3 is 2.22 bits per heavy atom. The third-order valence-corrected chi connectivity index (χ3v) is 4.55. The number of carbonyl (C=O) groups excluding carboxylic acids is 2. The predicted molar refractivity (Wildman–Crippen MR) is 92.7 cm³/mol. The average Bonchev–Trinajstić information content (AvgIpc) is 3.38. The lowest BCUT2D eigenvalue weighted by Gasteiger charge is -2.15. The van der Waals surface area contributed by atoms with Crippen LogP contribution in [-0.4, -0.2) is 11.8 Å². The lowest BCUT2D eigenvalue weighted by molar-refractivity contribution is -0.134. The van der Waals surface area contributed by atoms with Gasteiger partial charge in [0.25, 0.3) is 0 Å². The summed E-state index contributed by atoms with van der Waals surface area (Å²) < 4.78 is 0.942. The van der Waals surface area contributed by atoms with Gasteiger partial charge in [-0.2, -0.15) is 0 Å². The zero-order chi connectivity index (χ0) is 16.3. The monoisotopic (exact) mass is 372 g/mol. The van der Waals surface area contributed by atoms with E-state index in [9.17, 15) is 9.59 Å². The van der Waals surface area contributed by atoms with E-state index < -0.39 is 5.41 Å². The number of benzene rings is 2. The minimum absolute atomic E-state index is 0.198. The zero-order valence-corrected chi connectivity index (χ0v) is 14.1. The van der Waals surface area contributed by atoms with Crippen molar-refractivity contribution in [1.29, 1.82) is 0 Å². The Morgan fingerprint density at radius 2 is 1.61 bits per heavy atom. The molecule has 0 aliphatic heterocycles. The van der Waals surface area contributed by atoms with Crippen LogP contribution in [0.3, 0.4) is 0 Å². The molecular weight excluding hydrogens is 356 g/mol. The summed E-state index contributed by atoms with van der Waals surface area (Å²) in [7, 11) is 0. The first-order chi connectivity index (χ1) is 11.1. The van der Waals surface area contributed by atoms with E-state index in [4.69, 9.17) is 0 Å². The number of anilines is 1. The maximum Gasteiger partial charge on any atom is 0.240 e. The Balaban J connectivity index is 1.60. The van der Waals surface area contributed by atoms with E-state index in [0.29, 0.717) is 25.1 Å². The fourth-order valence-electron chi connectivity index (χ4n) is 2.41. The molecule has 1 fully saturated rings. The van der Waals surface area contributed by atoms with Gasteiger partial charge in [0.1, 0.15) is 5.41 Å². The van der Waals surface area contributed by atoms with Gasteiger partial charge in [-0.05, 0) is 42.7 Å². The van der Waals surface area contributed by atoms with Crippen LogP contribution in [-0.2, 0) is 16.1 Å². The van der Waals surface area contributed by atoms with Gasteiger partial charge < -0.3 is 10.6 Å². The fraction of sp³-hybridized carbons (Fsp3) is 0.222. The Morgan fingerprint density at radius 1 is 0.957 bits per heavy atom. The largest absolute Gasteiger partial charge is 0.351 e. The molecule has 0 radical (unpaired) electrons. The molecule has 2 amide bonds. The summed E-state index contributed by atoms with van der Waals surface area (Å²) in [4.78, 5) is 24.9. The summed E-state index contributed by atoms with van der Waals surface area (Å²) in [5, 5.41) is 5.70. The maximum absolute atomic E-state index is 12.5. The lowest BCUT2D eigenvalue weighted by atomic mass is 10.0. The van der Waals surface area contributed by atoms with Crippen molar-refractivity contribution < 1.29 is 9.59 Å². The number of hydrogen-bond acceptors (Lipinski definition) is 2. The van der Waals surface area contributed by atoms with Crippen molar-refractivity contribution in [1.82, 2.24) is 5.32 Å². The second kappa shape index (κ2) is 6.54. The van der Waals surface area contributed by atoms with Crippen LogP contribution in [0.2, 0.25) is 0 Å². The van der Waals surface area contributed by atoms with E-state index in [1.807, 2.05) is 42.5 Å². The van der Waals surface area contributed by atoms with Gasteiger partial charge in [-0.15, -0.1) is 0 Å². The molecule has 0 aromatic heterocycles. The summed E-state index contributed by atoms with van der Waals surface area (Å²) in [6.07, 6.45) is 1.19. The van der Waals surface area contributed by atoms with Gasteiger partial charge in [0.2, 0.25) is 11.8 Å². The number of amides is 2. The summed E-state index contributed by atoms with van der Waals surface area (Å²) in [5.74, 6) is -0.429. The average molecular weight is 373 g/mol. The first-order valence-corrected chi connectivity index (χ1v) is 8.29. The lowest BCUT2D eigenvalue weighted by Crippen LogP contribution is -2.39. The minimum Gasteiger partial charge on any atom is -0.351 e. The molecule has 5 heteroatoms. The number of carbonyl (C=O) groups is 2. The number of rotatable bonds is 5. The van der Waals surface area contributed by atoms with Gasteiger partial charge in [-0.25, -0.2) is 0 Å². The van der Waals surface area contributed by atoms with Crippen LogP contribution in [0.4, 0.5) is 5.69 Å². The molecule has 2 N–H and O–H groups in total. The first kappa shape index (κ1) is 15.7. The second-order valence-electron chi connectivity index (χ2n) is 5.71. The van der Waals surface area contributed by atoms with Gasteiger partial charge in [-0.3, -0.25) is 9.59 Å². The highest BCUT2D eigenvalue weighted by Gasteiger charge is 2.56. The predicted octanol–water partition coefficient (Wildman–Crippen LogP) is 3.48. The van der Waals surface area contributed by atoms with E-state index in [2.05, 4.69) is 26.6 Å². The topological polar surface area (TPSA) is 58.2 Å². The van der Waals surface area contributed by atoms with Crippen molar-refractivity contribution in [3.05, 3.63) is 64.6 Å². The van der Waals surface area contributed by atoms with Crippen molar-refractivity contribution in [2.45, 2.75) is 19.4 Å². The summed E-state index contributed by atoms with van der Waals surface area (Å²) >= 11 is 3.35. The van der Waals surface area contributed by atoms with E-state index in [1.165, 1.54) is 0 Å². The molecule has 0 saturated heterocycles. The molecule has 1 aliphatic rings. The van der Waals surface area contributed by atoms with Gasteiger partial charge >= 0.3 is 0 Å². The van der Waals surface area contributed by atoms with E-state index >= 15 is 0 Å². The van der Waals surface area contributed by atoms with Crippen LogP contribution in [0, 0.1) is 5.41 Å². The molecule has 1 aliphatic carbocycles. The van der Waals surface area contributed by atoms with Gasteiger partial charge in [-0.1, -0.05) is 46.3 Å². The molecule has 0 bridgehead atoms. The van der Waals surface area contributed by atoms with Gasteiger partial charge in [0.05, 0.1) is 0 Å². The van der Waals surface area contributed by atoms with E-state index in [1.54, 1.807) is 12.1 Å². The van der Waals surface area contributed by atoms with Crippen LogP contribution in [0.1, 0.15) is 18.4 Å². The maximum atomic E-state index is 12.5. The molecule has 2 aromatic carbocycles. The highest BCUT2D eigenvalue weighted by Crippen LogP contribution is 2.46. The summed E-state index contributed by atoms with van der Waals surface area (Å²) in [6, 6.07) is 17.0. The van der Waals surface area contributed by atoms with Gasteiger partial charge in [0, 0.05) is 16.7 Å². The second-order valence-corrected chi connectivity index (χ2v) is 6.63. The standard InChI is InChI=1S/C18H17BrN2O2/c19-14-6-8-15(9-7-14)21-17(23)18(10-11-18)16(22)20-12-13-4-2-1-3-5-13/h1-9H,10-12H2,(H,20,22)(H,21,23). The smallest absolute Gasteiger partial charge is 0.240 e. The van der Waals surface area contributed by atoms with Crippen molar-refractivity contribution in [3.63, 3.8) is 0 Å². The normalized spacial score (nSPS) is 14.8.